The van der Waals surface area contributed by atoms with Crippen LogP contribution in [-0.4, -0.2) is 42.4 Å². The van der Waals surface area contributed by atoms with E-state index in [0.29, 0.717) is 11.3 Å². The lowest BCUT2D eigenvalue weighted by Crippen LogP contribution is -2.51. The maximum absolute atomic E-state index is 13.2. The first-order valence-corrected chi connectivity index (χ1v) is 17.6. The minimum atomic E-state index is -1.12. The van der Waals surface area contributed by atoms with Gasteiger partial charge in [0.2, 0.25) is 0 Å². The average Bonchev–Trinajstić information content (AvgIpc) is 3.27. The number of fused-ring (bicyclic) bond motifs is 5. The molecule has 3 fully saturated rings. The summed E-state index contributed by atoms with van der Waals surface area (Å²) in [6, 6.07) is -1.12. The van der Waals surface area contributed by atoms with Crippen molar-refractivity contribution in [3.8, 4) is 0 Å². The molecule has 0 spiro atoms. The van der Waals surface area contributed by atoms with E-state index in [0.717, 1.165) is 55.3 Å². The molecule has 4 aliphatic carbocycles. The fourth-order valence-electron chi connectivity index (χ4n) is 9.82. The molecule has 4 aliphatic rings. The Morgan fingerprint density at radius 3 is 2.39 bits per heavy atom. The molecule has 0 aliphatic heterocycles. The molecule has 250 valence electrons. The molecule has 1 amide bonds. The average molecular weight is 616 g/mol. The van der Waals surface area contributed by atoms with Gasteiger partial charge < -0.3 is 19.5 Å². The third-order valence-electron chi connectivity index (χ3n) is 12.0. The second-order valence-corrected chi connectivity index (χ2v) is 16.6. The molecule has 0 bridgehead atoms. The number of esters is 2. The minimum Gasteiger partial charge on any atom is -0.463 e. The number of amides is 1. The summed E-state index contributed by atoms with van der Waals surface area (Å²) in [6.45, 7) is 18.6. The molecule has 7 heteroatoms. The first-order valence-electron chi connectivity index (χ1n) is 17.6. The second-order valence-electron chi connectivity index (χ2n) is 16.6. The highest BCUT2D eigenvalue weighted by Gasteiger charge is 2.59. The summed E-state index contributed by atoms with van der Waals surface area (Å²) in [6.07, 6.45) is 14.7. The molecule has 3 saturated carbocycles. The topological polar surface area (TPSA) is 90.9 Å². The summed E-state index contributed by atoms with van der Waals surface area (Å²) in [5.41, 5.74) is 1.34. The number of nitrogens with one attached hydrogen (secondary N) is 1. The van der Waals surface area contributed by atoms with Crippen molar-refractivity contribution < 1.29 is 28.6 Å². The van der Waals surface area contributed by atoms with E-state index < -0.39 is 29.7 Å². The highest BCUT2D eigenvalue weighted by atomic mass is 16.6. The monoisotopic (exact) mass is 615 g/mol. The third-order valence-corrected chi connectivity index (χ3v) is 12.0. The Morgan fingerprint density at radius 2 is 1.73 bits per heavy atom. The molecule has 0 saturated heterocycles. The Morgan fingerprint density at radius 1 is 1.00 bits per heavy atom. The zero-order valence-electron chi connectivity index (χ0n) is 29.1. The van der Waals surface area contributed by atoms with Crippen molar-refractivity contribution in [3.05, 3.63) is 11.6 Å². The van der Waals surface area contributed by atoms with Crippen LogP contribution in [0, 0.1) is 46.3 Å². The summed E-state index contributed by atoms with van der Waals surface area (Å²) in [5, 5.41) is 2.54. The van der Waals surface area contributed by atoms with Crippen LogP contribution in [0.5, 0.6) is 0 Å². The Labute approximate surface area is 267 Å². The molecule has 4 rings (SSSR count). The molecule has 7 nitrogen and oxygen atoms in total. The standard InChI is InChI=1S/C37H61NO6/c1-23(2)11-10-12-24(3)29-15-16-30-28-14-13-26-21-27(17-19-36(26,8)31(28)18-20-37(29,30)9)43-33(40)32(22-42-25(4)39)38-34(41)44-35(5,6)7/h13,23-24,27-32H,10-12,14-22H2,1-9H3,(H,38,41)/t24-,27+,28?,29-,30?,31?,32?,36+,37-/m1/s1. The molecule has 0 aromatic carbocycles. The summed E-state index contributed by atoms with van der Waals surface area (Å²) in [4.78, 5) is 37.1. The molecule has 4 unspecified atom stereocenters. The smallest absolute Gasteiger partial charge is 0.408 e. The van der Waals surface area contributed by atoms with E-state index in [-0.39, 0.29) is 18.1 Å². The quantitative estimate of drug-likeness (QED) is 0.151. The third kappa shape index (κ3) is 7.84. The minimum absolute atomic E-state index is 0.153. The maximum atomic E-state index is 13.2. The number of allylic oxidation sites excluding steroid dienone is 1. The molecular formula is C37H61NO6. The SMILES string of the molecule is CC(=O)OCC(NC(=O)OC(C)(C)C)C(=O)O[C@H]1CC[C@@]2(C)C(=CCC3C2CC[C@@]2(C)C3CC[C@@H]2[C@H](C)CCCC(C)C)C1. The predicted octanol–water partition coefficient (Wildman–Crippen LogP) is 8.40. The van der Waals surface area contributed by atoms with Crippen molar-refractivity contribution in [2.75, 3.05) is 6.61 Å². The van der Waals surface area contributed by atoms with Gasteiger partial charge in [0.1, 0.15) is 18.3 Å². The van der Waals surface area contributed by atoms with E-state index in [1.54, 1.807) is 20.8 Å². The lowest BCUT2D eigenvalue weighted by Gasteiger charge is -2.58. The predicted molar refractivity (Wildman–Crippen MR) is 173 cm³/mol. The largest absolute Gasteiger partial charge is 0.463 e. The van der Waals surface area contributed by atoms with Gasteiger partial charge in [-0.1, -0.05) is 65.5 Å². The maximum Gasteiger partial charge on any atom is 0.408 e. The first-order chi connectivity index (χ1) is 20.5. The molecule has 0 aromatic heterocycles. The van der Waals surface area contributed by atoms with Crippen LogP contribution in [0.25, 0.3) is 0 Å². The number of ether oxygens (including phenoxy) is 3. The lowest BCUT2D eigenvalue weighted by molar-refractivity contribution is -0.157. The van der Waals surface area contributed by atoms with Gasteiger partial charge in [0.05, 0.1) is 0 Å². The van der Waals surface area contributed by atoms with Crippen LogP contribution < -0.4 is 5.32 Å². The van der Waals surface area contributed by atoms with Crippen LogP contribution in [0.2, 0.25) is 0 Å². The summed E-state index contributed by atoms with van der Waals surface area (Å²) in [5.74, 6) is 3.59. The highest BCUT2D eigenvalue weighted by molar-refractivity contribution is 5.82. The van der Waals surface area contributed by atoms with E-state index >= 15 is 0 Å². The van der Waals surface area contributed by atoms with Crippen LogP contribution in [0.4, 0.5) is 4.79 Å². The summed E-state index contributed by atoms with van der Waals surface area (Å²) in [7, 11) is 0. The van der Waals surface area contributed by atoms with Gasteiger partial charge in [-0.15, -0.1) is 0 Å². The first kappa shape index (κ1) is 34.8. The molecule has 1 N–H and O–H groups in total. The van der Waals surface area contributed by atoms with Gasteiger partial charge in [0.15, 0.2) is 6.04 Å². The Kier molecular flexibility index (Phi) is 10.9. The molecule has 44 heavy (non-hydrogen) atoms. The molecule has 0 heterocycles. The van der Waals surface area contributed by atoms with Crippen molar-refractivity contribution in [1.82, 2.24) is 5.32 Å². The normalized spacial score (nSPS) is 34.5. The Bertz CT molecular complexity index is 1080. The van der Waals surface area contributed by atoms with Gasteiger partial charge in [-0.3, -0.25) is 4.79 Å². The summed E-state index contributed by atoms with van der Waals surface area (Å²) < 4.78 is 16.4. The van der Waals surface area contributed by atoms with Gasteiger partial charge in [0, 0.05) is 13.3 Å². The fourth-order valence-corrected chi connectivity index (χ4v) is 9.82. The van der Waals surface area contributed by atoms with Gasteiger partial charge in [-0.25, -0.2) is 9.59 Å². The van der Waals surface area contributed by atoms with Gasteiger partial charge in [-0.05, 0) is 112 Å². The highest BCUT2D eigenvalue weighted by Crippen LogP contribution is 2.67. The van der Waals surface area contributed by atoms with Gasteiger partial charge >= 0.3 is 18.0 Å². The van der Waals surface area contributed by atoms with Crippen LogP contribution in [-0.2, 0) is 23.8 Å². The van der Waals surface area contributed by atoms with E-state index in [4.69, 9.17) is 14.2 Å². The number of carbonyl (C=O) groups is 3. The second kappa shape index (κ2) is 13.7. The number of carbonyl (C=O) groups excluding carboxylic acids is 3. The number of hydrogen-bond donors (Lipinski definition) is 1. The van der Waals surface area contributed by atoms with E-state index in [9.17, 15) is 14.4 Å². The van der Waals surface area contributed by atoms with E-state index in [2.05, 4.69) is 46.0 Å². The van der Waals surface area contributed by atoms with Crippen molar-refractivity contribution in [3.63, 3.8) is 0 Å². The van der Waals surface area contributed by atoms with Crippen LogP contribution in [0.15, 0.2) is 11.6 Å². The Balaban J connectivity index is 1.40. The fraction of sp³-hybridized carbons (Fsp3) is 0.865. The summed E-state index contributed by atoms with van der Waals surface area (Å²) >= 11 is 0. The van der Waals surface area contributed by atoms with Crippen molar-refractivity contribution in [1.29, 1.82) is 0 Å². The molecule has 9 atom stereocenters. The van der Waals surface area contributed by atoms with Crippen LogP contribution >= 0.6 is 0 Å². The van der Waals surface area contributed by atoms with Crippen molar-refractivity contribution in [2.24, 2.45) is 46.3 Å². The van der Waals surface area contributed by atoms with E-state index in [1.807, 2.05) is 0 Å². The lowest BCUT2D eigenvalue weighted by atomic mass is 9.47. The van der Waals surface area contributed by atoms with Gasteiger partial charge in [-0.2, -0.15) is 0 Å². The molecule has 0 radical (unpaired) electrons. The zero-order chi connectivity index (χ0) is 32.4. The van der Waals surface area contributed by atoms with Crippen molar-refractivity contribution >= 4 is 18.0 Å². The number of hydrogen-bond acceptors (Lipinski definition) is 6. The van der Waals surface area contributed by atoms with Crippen molar-refractivity contribution in [2.45, 2.75) is 151 Å². The number of rotatable bonds is 10. The zero-order valence-corrected chi connectivity index (χ0v) is 29.1. The van der Waals surface area contributed by atoms with Crippen LogP contribution in [0.3, 0.4) is 0 Å². The Hall–Kier alpha value is -2.05. The molecule has 0 aromatic rings. The van der Waals surface area contributed by atoms with Crippen LogP contribution in [0.1, 0.15) is 133 Å². The van der Waals surface area contributed by atoms with E-state index in [1.165, 1.54) is 57.4 Å². The number of alkyl carbamates (subject to hydrolysis) is 1. The molecular weight excluding hydrogens is 554 g/mol. The van der Waals surface area contributed by atoms with Gasteiger partial charge in [0.25, 0.3) is 0 Å².